The molecule has 3 heterocycles. The zero-order valence-corrected chi connectivity index (χ0v) is 15.4. The lowest BCUT2D eigenvalue weighted by atomic mass is 9.94. The number of pyridine rings is 1. The van der Waals surface area contributed by atoms with Gasteiger partial charge in [-0.15, -0.1) is 0 Å². The molecule has 0 aliphatic carbocycles. The number of rotatable bonds is 3. The molecule has 0 saturated carbocycles. The standard InChI is InChI=1S/C20H22N4O4/c1-24(12-8-17(25)19(27)18(26)9-12)20(28)16-10-15-14(23-16)3-2-13(22-15)11-4-6-21-7-5-11/h2-3,8-11,21,23,25-27H,4-7H2,1H3. The maximum absolute atomic E-state index is 12.8. The fourth-order valence-electron chi connectivity index (χ4n) is 3.57. The van der Waals surface area contributed by atoms with E-state index in [1.165, 1.54) is 24.1 Å². The molecule has 146 valence electrons. The highest BCUT2D eigenvalue weighted by Gasteiger charge is 2.21. The highest BCUT2D eigenvalue weighted by molar-refractivity contribution is 6.07. The van der Waals surface area contributed by atoms with Gasteiger partial charge in [0.1, 0.15) is 5.69 Å². The fourth-order valence-corrected chi connectivity index (χ4v) is 3.57. The van der Waals surface area contributed by atoms with Crippen molar-refractivity contribution in [3.8, 4) is 17.2 Å². The van der Waals surface area contributed by atoms with E-state index in [1.54, 1.807) is 6.07 Å². The minimum Gasteiger partial charge on any atom is -0.504 e. The van der Waals surface area contributed by atoms with E-state index >= 15 is 0 Å². The number of anilines is 1. The first kappa shape index (κ1) is 18.1. The first-order chi connectivity index (χ1) is 13.4. The summed E-state index contributed by atoms with van der Waals surface area (Å²) < 4.78 is 0. The predicted molar refractivity (Wildman–Crippen MR) is 105 cm³/mol. The van der Waals surface area contributed by atoms with E-state index in [-0.39, 0.29) is 11.6 Å². The molecular weight excluding hydrogens is 360 g/mol. The minimum atomic E-state index is -0.621. The van der Waals surface area contributed by atoms with Crippen LogP contribution in [0.2, 0.25) is 0 Å². The van der Waals surface area contributed by atoms with E-state index in [2.05, 4.69) is 10.3 Å². The molecule has 0 unspecified atom stereocenters. The molecule has 5 N–H and O–H groups in total. The summed E-state index contributed by atoms with van der Waals surface area (Å²) in [5.41, 5.74) is 3.13. The van der Waals surface area contributed by atoms with Crippen molar-refractivity contribution in [2.75, 3.05) is 25.0 Å². The molecular formula is C20H22N4O4. The van der Waals surface area contributed by atoms with Crippen molar-refractivity contribution in [2.24, 2.45) is 0 Å². The summed E-state index contributed by atoms with van der Waals surface area (Å²) >= 11 is 0. The Bertz CT molecular complexity index is 1020. The van der Waals surface area contributed by atoms with E-state index in [0.29, 0.717) is 11.6 Å². The van der Waals surface area contributed by atoms with Gasteiger partial charge in [0.15, 0.2) is 17.2 Å². The van der Waals surface area contributed by atoms with E-state index in [9.17, 15) is 20.1 Å². The van der Waals surface area contributed by atoms with Crippen molar-refractivity contribution in [3.63, 3.8) is 0 Å². The number of amides is 1. The maximum atomic E-state index is 12.8. The third-order valence-corrected chi connectivity index (χ3v) is 5.23. The number of piperidine rings is 1. The van der Waals surface area contributed by atoms with Crippen LogP contribution in [0.15, 0.2) is 30.3 Å². The average Bonchev–Trinajstić information content (AvgIpc) is 3.14. The first-order valence-electron chi connectivity index (χ1n) is 9.17. The monoisotopic (exact) mass is 382 g/mol. The molecule has 1 aliphatic rings. The minimum absolute atomic E-state index is 0.250. The molecule has 0 spiro atoms. The molecule has 0 atom stereocenters. The second-order valence-corrected chi connectivity index (χ2v) is 7.07. The summed E-state index contributed by atoms with van der Waals surface area (Å²) in [7, 11) is 1.52. The lowest BCUT2D eigenvalue weighted by Crippen LogP contribution is -2.27. The van der Waals surface area contributed by atoms with E-state index < -0.39 is 17.2 Å². The Hall–Kier alpha value is -3.26. The van der Waals surface area contributed by atoms with Crippen molar-refractivity contribution in [2.45, 2.75) is 18.8 Å². The number of nitrogens with zero attached hydrogens (tertiary/aromatic N) is 2. The highest BCUT2D eigenvalue weighted by atomic mass is 16.3. The Balaban J connectivity index is 1.62. The quantitative estimate of drug-likeness (QED) is 0.444. The molecule has 1 amide bonds. The van der Waals surface area contributed by atoms with Gasteiger partial charge in [0.05, 0.1) is 16.7 Å². The number of carbonyl (C=O) groups excluding carboxylic acids is 1. The summed E-state index contributed by atoms with van der Waals surface area (Å²) in [4.78, 5) is 21.9. The number of H-pyrrole nitrogens is 1. The molecule has 0 radical (unpaired) electrons. The van der Waals surface area contributed by atoms with Gasteiger partial charge in [-0.25, -0.2) is 0 Å². The number of nitrogens with one attached hydrogen (secondary N) is 2. The van der Waals surface area contributed by atoms with Crippen LogP contribution < -0.4 is 10.2 Å². The first-order valence-corrected chi connectivity index (χ1v) is 9.17. The van der Waals surface area contributed by atoms with Gasteiger partial charge in [0, 0.05) is 30.8 Å². The molecule has 28 heavy (non-hydrogen) atoms. The molecule has 8 heteroatoms. The highest BCUT2D eigenvalue weighted by Crippen LogP contribution is 2.38. The van der Waals surface area contributed by atoms with Gasteiger partial charge in [-0.1, -0.05) is 0 Å². The zero-order valence-electron chi connectivity index (χ0n) is 15.4. The number of aromatic hydroxyl groups is 3. The zero-order chi connectivity index (χ0) is 19.8. The summed E-state index contributed by atoms with van der Waals surface area (Å²) in [5, 5.41) is 32.2. The largest absolute Gasteiger partial charge is 0.504 e. The van der Waals surface area contributed by atoms with E-state index in [1.807, 2.05) is 12.1 Å². The Labute approximate surface area is 161 Å². The van der Waals surface area contributed by atoms with Gasteiger partial charge in [-0.05, 0) is 44.1 Å². The molecule has 8 nitrogen and oxygen atoms in total. The normalized spacial score (nSPS) is 15.0. The Morgan fingerprint density at radius 1 is 1.11 bits per heavy atom. The van der Waals surface area contributed by atoms with Crippen LogP contribution in [0.5, 0.6) is 17.2 Å². The molecule has 1 fully saturated rings. The van der Waals surface area contributed by atoms with Crippen LogP contribution in [0.25, 0.3) is 11.0 Å². The van der Waals surface area contributed by atoms with Crippen LogP contribution in [0.4, 0.5) is 5.69 Å². The van der Waals surface area contributed by atoms with Crippen molar-refractivity contribution in [1.82, 2.24) is 15.3 Å². The van der Waals surface area contributed by atoms with Gasteiger partial charge < -0.3 is 30.5 Å². The molecule has 3 aromatic rings. The van der Waals surface area contributed by atoms with E-state index in [0.717, 1.165) is 42.7 Å². The predicted octanol–water partition coefficient (Wildman–Crippen LogP) is 2.42. The van der Waals surface area contributed by atoms with Crippen LogP contribution in [0.1, 0.15) is 34.9 Å². The fraction of sp³-hybridized carbons (Fsp3) is 0.300. The number of fused-ring (bicyclic) bond motifs is 1. The molecule has 1 saturated heterocycles. The van der Waals surface area contributed by atoms with Crippen LogP contribution in [-0.2, 0) is 0 Å². The molecule has 1 aromatic carbocycles. The number of phenolic OH excluding ortho intramolecular Hbond substituents is 3. The number of aromatic nitrogens is 2. The second-order valence-electron chi connectivity index (χ2n) is 7.07. The Kier molecular flexibility index (Phi) is 4.56. The molecule has 2 aromatic heterocycles. The number of hydrogen-bond donors (Lipinski definition) is 5. The van der Waals surface area contributed by atoms with Crippen LogP contribution in [0.3, 0.4) is 0 Å². The second kappa shape index (κ2) is 7.05. The smallest absolute Gasteiger partial charge is 0.274 e. The number of aromatic amines is 1. The number of carbonyl (C=O) groups is 1. The van der Waals surface area contributed by atoms with Crippen LogP contribution in [-0.4, -0.2) is 51.3 Å². The number of phenols is 3. The van der Waals surface area contributed by atoms with Crippen LogP contribution >= 0.6 is 0 Å². The SMILES string of the molecule is CN(C(=O)c1cc2nc(C3CCNCC3)ccc2[nH]1)c1cc(O)c(O)c(O)c1. The number of hydrogen-bond acceptors (Lipinski definition) is 6. The molecule has 4 rings (SSSR count). The van der Waals surface area contributed by atoms with Gasteiger partial charge in [-0.3, -0.25) is 9.78 Å². The third-order valence-electron chi connectivity index (χ3n) is 5.23. The van der Waals surface area contributed by atoms with Crippen LogP contribution in [0, 0.1) is 0 Å². The lowest BCUT2D eigenvalue weighted by molar-refractivity contribution is 0.0989. The van der Waals surface area contributed by atoms with E-state index in [4.69, 9.17) is 4.98 Å². The Morgan fingerprint density at radius 2 is 1.79 bits per heavy atom. The molecule has 0 bridgehead atoms. The van der Waals surface area contributed by atoms with Gasteiger partial charge in [0.25, 0.3) is 5.91 Å². The third kappa shape index (κ3) is 3.22. The average molecular weight is 382 g/mol. The summed E-state index contributed by atoms with van der Waals surface area (Å²) in [6, 6.07) is 8.07. The lowest BCUT2D eigenvalue weighted by Gasteiger charge is -2.21. The van der Waals surface area contributed by atoms with Gasteiger partial charge in [0.2, 0.25) is 0 Å². The van der Waals surface area contributed by atoms with Crippen molar-refractivity contribution in [3.05, 3.63) is 41.7 Å². The summed E-state index contributed by atoms with van der Waals surface area (Å²) in [6.07, 6.45) is 2.09. The summed E-state index contributed by atoms with van der Waals surface area (Å²) in [5.74, 6) is -1.56. The van der Waals surface area contributed by atoms with Crippen molar-refractivity contribution < 1.29 is 20.1 Å². The van der Waals surface area contributed by atoms with Crippen molar-refractivity contribution in [1.29, 1.82) is 0 Å². The van der Waals surface area contributed by atoms with Gasteiger partial charge in [-0.2, -0.15) is 0 Å². The Morgan fingerprint density at radius 3 is 2.46 bits per heavy atom. The number of benzene rings is 1. The topological polar surface area (TPSA) is 122 Å². The molecule has 1 aliphatic heterocycles. The maximum Gasteiger partial charge on any atom is 0.274 e. The van der Waals surface area contributed by atoms with Crippen molar-refractivity contribution >= 4 is 22.6 Å². The summed E-state index contributed by atoms with van der Waals surface area (Å²) in [6.45, 7) is 1.97. The van der Waals surface area contributed by atoms with Gasteiger partial charge >= 0.3 is 0 Å².